The van der Waals surface area contributed by atoms with Crippen molar-refractivity contribution in [2.45, 2.75) is 50.2 Å². The van der Waals surface area contributed by atoms with Crippen LogP contribution in [-0.4, -0.2) is 65.2 Å². The molecule has 2 rings (SSSR count). The Labute approximate surface area is 198 Å². The first-order chi connectivity index (χ1) is 16.5. The molecule has 3 atom stereocenters. The van der Waals surface area contributed by atoms with Gasteiger partial charge in [-0.3, -0.25) is 14.4 Å². The Balaban J connectivity index is 2.10. The van der Waals surface area contributed by atoms with Crippen molar-refractivity contribution in [1.82, 2.24) is 25.9 Å². The topological polar surface area (TPSA) is 185 Å². The van der Waals surface area contributed by atoms with Crippen LogP contribution in [0, 0.1) is 0 Å². The quantitative estimate of drug-likeness (QED) is 0.141. The Morgan fingerprint density at radius 3 is 2.32 bits per heavy atom. The number of hydrogen-bond donors (Lipinski definition) is 6. The molecule has 0 saturated carbocycles. The summed E-state index contributed by atoms with van der Waals surface area (Å²) in [5.74, 6) is -1.54. The van der Waals surface area contributed by atoms with Crippen LogP contribution in [0.25, 0.3) is 0 Å². The zero-order chi connectivity index (χ0) is 24.8. The Morgan fingerprint density at radius 1 is 0.971 bits per heavy atom. The number of nitrogens with one attached hydrogen (secondary N) is 4. The minimum Gasteiger partial charge on any atom is -0.348 e. The summed E-state index contributed by atoms with van der Waals surface area (Å²) in [6, 6.07) is 6.68. The van der Waals surface area contributed by atoms with Crippen LogP contribution >= 0.6 is 0 Å². The second kappa shape index (κ2) is 14.6. The maximum absolute atomic E-state index is 13.0. The molecule has 0 aliphatic heterocycles. The molecule has 0 saturated heterocycles. The molecule has 1 aromatic carbocycles. The molecule has 1 aromatic heterocycles. The number of nitrogens with two attached hydrogens (primary N) is 2. The number of benzene rings is 1. The average molecular weight is 472 g/mol. The summed E-state index contributed by atoms with van der Waals surface area (Å²) in [7, 11) is 0. The number of nitrogens with zero attached hydrogens (tertiary/aromatic N) is 1. The number of aromatic amines is 1. The zero-order valence-electron chi connectivity index (χ0n) is 19.0. The largest absolute Gasteiger partial charge is 0.348 e. The lowest BCUT2D eigenvalue weighted by molar-refractivity contribution is -0.132. The molecule has 0 fully saturated rings. The van der Waals surface area contributed by atoms with Gasteiger partial charge >= 0.3 is 0 Å². The van der Waals surface area contributed by atoms with E-state index in [-0.39, 0.29) is 13.0 Å². The molecule has 34 heavy (non-hydrogen) atoms. The lowest BCUT2D eigenvalue weighted by Gasteiger charge is -2.24. The fourth-order valence-corrected chi connectivity index (χ4v) is 3.40. The number of imidazole rings is 1. The van der Waals surface area contributed by atoms with E-state index in [1.807, 2.05) is 30.3 Å². The Morgan fingerprint density at radius 2 is 1.71 bits per heavy atom. The summed E-state index contributed by atoms with van der Waals surface area (Å²) in [4.78, 5) is 56.3. The summed E-state index contributed by atoms with van der Waals surface area (Å²) in [6.45, 7) is 0.163. The van der Waals surface area contributed by atoms with E-state index in [2.05, 4.69) is 25.9 Å². The van der Waals surface area contributed by atoms with Gasteiger partial charge in [-0.05, 0) is 37.8 Å². The van der Waals surface area contributed by atoms with Crippen LogP contribution in [0.2, 0.25) is 0 Å². The van der Waals surface area contributed by atoms with Crippen molar-refractivity contribution < 1.29 is 19.2 Å². The minimum absolute atomic E-state index is 0.139. The molecule has 3 amide bonds. The number of unbranched alkanes of at least 4 members (excludes halogenated alkanes) is 1. The third-order valence-electron chi connectivity index (χ3n) is 5.19. The first-order valence-corrected chi connectivity index (χ1v) is 11.2. The Kier molecular flexibility index (Phi) is 11.4. The van der Waals surface area contributed by atoms with Crippen molar-refractivity contribution in [3.63, 3.8) is 0 Å². The third-order valence-corrected chi connectivity index (χ3v) is 5.19. The number of hydrogen-bond acceptors (Lipinski definition) is 7. The van der Waals surface area contributed by atoms with Crippen LogP contribution in [0.4, 0.5) is 0 Å². The van der Waals surface area contributed by atoms with Gasteiger partial charge < -0.3 is 37.2 Å². The second-order valence-electron chi connectivity index (χ2n) is 7.89. The van der Waals surface area contributed by atoms with Crippen molar-refractivity contribution in [2.75, 3.05) is 13.1 Å². The van der Waals surface area contributed by atoms with Gasteiger partial charge in [0, 0.05) is 18.3 Å². The standard InChI is InChI=1S/C23H33N7O4/c24-9-5-4-8-19(22(33)28-18(14-31)10-16-6-2-1-3-7-16)30-23(34)20(29-21(32)12-25)11-17-13-26-15-27-17/h1-3,6-7,13-15,18-20H,4-5,8-12,24-25H2,(H,26,27)(H,28,33)(H,29,32)(H,30,34)/t18-,19-,20-/m0/s1. The van der Waals surface area contributed by atoms with Gasteiger partial charge in [-0.1, -0.05) is 30.3 Å². The van der Waals surface area contributed by atoms with Crippen molar-refractivity contribution in [3.05, 3.63) is 54.1 Å². The lowest BCUT2D eigenvalue weighted by atomic mass is 10.0. The highest BCUT2D eigenvalue weighted by atomic mass is 16.2. The molecule has 1 heterocycles. The third kappa shape index (κ3) is 9.12. The molecule has 0 aliphatic rings. The maximum atomic E-state index is 13.0. The Hall–Kier alpha value is -3.57. The molecule has 11 nitrogen and oxygen atoms in total. The van der Waals surface area contributed by atoms with E-state index in [1.165, 1.54) is 6.33 Å². The normalized spacial score (nSPS) is 13.4. The molecule has 0 radical (unpaired) electrons. The van der Waals surface area contributed by atoms with E-state index in [0.29, 0.717) is 44.2 Å². The molecule has 0 bridgehead atoms. The molecule has 0 spiro atoms. The fourth-order valence-electron chi connectivity index (χ4n) is 3.40. The highest BCUT2D eigenvalue weighted by Gasteiger charge is 2.28. The van der Waals surface area contributed by atoms with Crippen molar-refractivity contribution in [2.24, 2.45) is 11.5 Å². The molecule has 184 valence electrons. The van der Waals surface area contributed by atoms with E-state index < -0.39 is 35.8 Å². The van der Waals surface area contributed by atoms with E-state index in [9.17, 15) is 19.2 Å². The smallest absolute Gasteiger partial charge is 0.243 e. The van der Waals surface area contributed by atoms with Crippen LogP contribution in [-0.2, 0) is 32.0 Å². The summed E-state index contributed by atoms with van der Waals surface area (Å²) >= 11 is 0. The summed E-state index contributed by atoms with van der Waals surface area (Å²) in [5.41, 5.74) is 12.5. The van der Waals surface area contributed by atoms with Gasteiger partial charge in [0.1, 0.15) is 18.4 Å². The van der Waals surface area contributed by atoms with Crippen molar-refractivity contribution >= 4 is 24.0 Å². The van der Waals surface area contributed by atoms with Crippen LogP contribution in [0.1, 0.15) is 30.5 Å². The van der Waals surface area contributed by atoms with Gasteiger partial charge in [-0.25, -0.2) is 4.98 Å². The van der Waals surface area contributed by atoms with E-state index in [4.69, 9.17) is 11.5 Å². The fraction of sp³-hybridized carbons (Fsp3) is 0.435. The number of aromatic nitrogens is 2. The van der Waals surface area contributed by atoms with Gasteiger partial charge in [-0.15, -0.1) is 0 Å². The van der Waals surface area contributed by atoms with Crippen LogP contribution < -0.4 is 27.4 Å². The zero-order valence-corrected chi connectivity index (χ0v) is 19.0. The first kappa shape index (κ1) is 26.7. The van der Waals surface area contributed by atoms with Crippen molar-refractivity contribution in [1.29, 1.82) is 0 Å². The van der Waals surface area contributed by atoms with E-state index in [0.717, 1.165) is 5.56 Å². The monoisotopic (exact) mass is 471 g/mol. The first-order valence-electron chi connectivity index (χ1n) is 11.2. The van der Waals surface area contributed by atoms with Gasteiger partial charge in [0.15, 0.2) is 0 Å². The number of carbonyl (C=O) groups is 4. The average Bonchev–Trinajstić information content (AvgIpc) is 3.36. The minimum atomic E-state index is -0.965. The predicted molar refractivity (Wildman–Crippen MR) is 126 cm³/mol. The van der Waals surface area contributed by atoms with Gasteiger partial charge in [0.25, 0.3) is 0 Å². The second-order valence-corrected chi connectivity index (χ2v) is 7.89. The molecule has 0 unspecified atom stereocenters. The van der Waals surface area contributed by atoms with Gasteiger partial charge in [0.05, 0.1) is 18.9 Å². The van der Waals surface area contributed by atoms with E-state index in [1.54, 1.807) is 6.20 Å². The van der Waals surface area contributed by atoms with Crippen LogP contribution in [0.15, 0.2) is 42.9 Å². The number of aldehydes is 1. The predicted octanol–water partition coefficient (Wildman–Crippen LogP) is -1.06. The van der Waals surface area contributed by atoms with Gasteiger partial charge in [0.2, 0.25) is 17.7 Å². The molecular weight excluding hydrogens is 438 g/mol. The molecule has 8 N–H and O–H groups in total. The number of H-pyrrole nitrogens is 1. The van der Waals surface area contributed by atoms with Crippen molar-refractivity contribution in [3.8, 4) is 0 Å². The number of amides is 3. The molecule has 0 aliphatic carbocycles. The van der Waals surface area contributed by atoms with Gasteiger partial charge in [-0.2, -0.15) is 0 Å². The van der Waals surface area contributed by atoms with Crippen LogP contribution in [0.3, 0.4) is 0 Å². The number of rotatable bonds is 15. The molecule has 2 aromatic rings. The van der Waals surface area contributed by atoms with Crippen LogP contribution in [0.5, 0.6) is 0 Å². The lowest BCUT2D eigenvalue weighted by Crippen LogP contribution is -2.56. The summed E-state index contributed by atoms with van der Waals surface area (Å²) in [5, 5.41) is 7.99. The summed E-state index contributed by atoms with van der Waals surface area (Å²) < 4.78 is 0. The molecular formula is C23H33N7O4. The Bertz CT molecular complexity index is 905. The SMILES string of the molecule is NCCCC[C@H](NC(=O)[C@H](Cc1cnc[nH]1)NC(=O)CN)C(=O)N[C@H](C=O)Cc1ccccc1. The summed E-state index contributed by atoms with van der Waals surface area (Å²) in [6.07, 6.45) is 5.73. The van der Waals surface area contributed by atoms with E-state index >= 15 is 0 Å². The maximum Gasteiger partial charge on any atom is 0.243 e. The number of carbonyl (C=O) groups excluding carboxylic acids is 4. The highest BCUT2D eigenvalue weighted by Crippen LogP contribution is 2.06. The molecule has 11 heteroatoms. The highest BCUT2D eigenvalue weighted by molar-refractivity contribution is 5.93.